The largest absolute Gasteiger partial charge is 0.352 e. The number of nitrogens with one attached hydrogen (secondary N) is 2. The molecule has 1 fully saturated rings. The molecule has 0 saturated carbocycles. The zero-order valence-corrected chi connectivity index (χ0v) is 22.1. The van der Waals surface area contributed by atoms with Gasteiger partial charge in [-0.2, -0.15) is 0 Å². The molecule has 5 rings (SSSR count). The van der Waals surface area contributed by atoms with Crippen LogP contribution >= 0.6 is 23.6 Å². The first-order chi connectivity index (χ1) is 17.4. The lowest BCUT2D eigenvalue weighted by Gasteiger charge is -2.28. The van der Waals surface area contributed by atoms with Crippen LogP contribution in [0.25, 0.3) is 5.13 Å². The Morgan fingerprint density at radius 3 is 2.64 bits per heavy atom. The van der Waals surface area contributed by atoms with Gasteiger partial charge in [0, 0.05) is 47.8 Å². The number of hydrogen-bond acceptors (Lipinski definition) is 5. The van der Waals surface area contributed by atoms with Gasteiger partial charge in [-0.3, -0.25) is 14.3 Å². The van der Waals surface area contributed by atoms with E-state index in [1.54, 1.807) is 17.5 Å². The van der Waals surface area contributed by atoms with Crippen molar-refractivity contribution in [1.29, 1.82) is 0 Å². The first kappa shape index (κ1) is 24.1. The third-order valence-corrected chi connectivity index (χ3v) is 7.71. The summed E-state index contributed by atoms with van der Waals surface area (Å²) >= 11 is 7.40. The van der Waals surface area contributed by atoms with E-state index in [0.29, 0.717) is 18.1 Å². The molecule has 36 heavy (non-hydrogen) atoms. The summed E-state index contributed by atoms with van der Waals surface area (Å²) in [5, 5.41) is 10.1. The summed E-state index contributed by atoms with van der Waals surface area (Å²) in [6.45, 7) is 6.68. The second kappa shape index (κ2) is 10.2. The van der Waals surface area contributed by atoms with Crippen LogP contribution in [0.5, 0.6) is 0 Å². The van der Waals surface area contributed by atoms with Crippen LogP contribution in [-0.2, 0) is 4.79 Å². The number of benzene rings is 1. The zero-order chi connectivity index (χ0) is 25.2. The Bertz CT molecular complexity index is 1380. The summed E-state index contributed by atoms with van der Waals surface area (Å²) in [4.78, 5) is 24.2. The highest BCUT2D eigenvalue weighted by Crippen LogP contribution is 2.41. The maximum absolute atomic E-state index is 12.9. The van der Waals surface area contributed by atoms with Gasteiger partial charge in [0.05, 0.1) is 17.8 Å². The highest BCUT2D eigenvalue weighted by Gasteiger charge is 2.41. The highest BCUT2D eigenvalue weighted by molar-refractivity contribution is 7.80. The molecule has 0 radical (unpaired) electrons. The minimum atomic E-state index is -0.136. The number of thiazole rings is 1. The van der Waals surface area contributed by atoms with Crippen molar-refractivity contribution in [3.05, 3.63) is 94.5 Å². The van der Waals surface area contributed by atoms with Crippen LogP contribution in [-0.4, -0.2) is 37.0 Å². The molecule has 0 unspecified atom stereocenters. The summed E-state index contributed by atoms with van der Waals surface area (Å²) in [6, 6.07) is 15.7. The fraction of sp³-hybridized carbons (Fsp3) is 0.259. The first-order valence-electron chi connectivity index (χ1n) is 11.9. The van der Waals surface area contributed by atoms with Crippen molar-refractivity contribution < 1.29 is 4.79 Å². The zero-order valence-electron chi connectivity index (χ0n) is 20.4. The summed E-state index contributed by atoms with van der Waals surface area (Å²) in [5.41, 5.74) is 6.13. The van der Waals surface area contributed by atoms with Crippen LogP contribution in [0.3, 0.4) is 0 Å². The van der Waals surface area contributed by atoms with Gasteiger partial charge in [0.2, 0.25) is 5.91 Å². The lowest BCUT2D eigenvalue weighted by molar-refractivity contribution is -0.116. The van der Waals surface area contributed by atoms with Gasteiger partial charge in [-0.15, -0.1) is 11.3 Å². The maximum Gasteiger partial charge on any atom is 0.226 e. The molecule has 1 aliphatic rings. The molecule has 3 aromatic heterocycles. The third kappa shape index (κ3) is 4.64. The van der Waals surface area contributed by atoms with E-state index in [4.69, 9.17) is 12.2 Å². The normalized spacial score (nSPS) is 17.3. The number of aryl methyl sites for hydroxylation is 2. The molecule has 1 amide bonds. The number of carbonyl (C=O) groups excluding carboxylic acids is 1. The first-order valence-corrected chi connectivity index (χ1v) is 13.1. The fourth-order valence-corrected chi connectivity index (χ4v) is 5.92. The Kier molecular flexibility index (Phi) is 6.84. The van der Waals surface area contributed by atoms with E-state index in [9.17, 15) is 4.79 Å². The highest BCUT2D eigenvalue weighted by atomic mass is 32.1. The van der Waals surface area contributed by atoms with Gasteiger partial charge in [-0.05, 0) is 68.4 Å². The Balaban J connectivity index is 1.46. The number of nitrogens with zero attached hydrogens (tertiary/aromatic N) is 4. The minimum Gasteiger partial charge on any atom is -0.352 e. The predicted molar refractivity (Wildman–Crippen MR) is 147 cm³/mol. The van der Waals surface area contributed by atoms with Gasteiger partial charge in [0.25, 0.3) is 0 Å². The lowest BCUT2D eigenvalue weighted by atomic mass is 9.96. The van der Waals surface area contributed by atoms with Crippen LogP contribution in [0.15, 0.2) is 66.3 Å². The van der Waals surface area contributed by atoms with E-state index >= 15 is 0 Å². The second-order valence-electron chi connectivity index (χ2n) is 8.91. The van der Waals surface area contributed by atoms with E-state index in [0.717, 1.165) is 39.0 Å². The standard InChI is InChI=1S/C27H28N6OS2/c1-17-8-4-5-9-21(17)30-23(34)11-14-32-25(24(31-26(32)35)22-10-6-7-12-28-22)20-16-18(2)33(19(20)3)27-29-13-15-36-27/h4-10,12-13,15-16,24-25H,11,14H2,1-3H3,(H,30,34)(H,31,35)/t24-,25+/m0/s1. The number of aromatic nitrogens is 3. The van der Waals surface area contributed by atoms with Crippen molar-refractivity contribution in [3.8, 4) is 5.13 Å². The summed E-state index contributed by atoms with van der Waals surface area (Å²) in [7, 11) is 0. The van der Waals surface area contributed by atoms with Gasteiger partial charge in [0.15, 0.2) is 10.2 Å². The Labute approximate surface area is 220 Å². The van der Waals surface area contributed by atoms with Crippen molar-refractivity contribution in [3.63, 3.8) is 0 Å². The van der Waals surface area contributed by atoms with Gasteiger partial charge in [-0.25, -0.2) is 4.98 Å². The summed E-state index contributed by atoms with van der Waals surface area (Å²) < 4.78 is 2.18. The Morgan fingerprint density at radius 1 is 1.11 bits per heavy atom. The predicted octanol–water partition coefficient (Wildman–Crippen LogP) is 5.26. The van der Waals surface area contributed by atoms with Crippen LogP contribution in [0, 0.1) is 20.8 Å². The molecule has 4 aromatic rings. The molecule has 9 heteroatoms. The minimum absolute atomic E-state index is 0.0413. The molecule has 2 atom stereocenters. The van der Waals surface area contributed by atoms with Crippen LogP contribution < -0.4 is 10.6 Å². The van der Waals surface area contributed by atoms with Crippen molar-refractivity contribution in [2.75, 3.05) is 11.9 Å². The number of amides is 1. The number of anilines is 1. The van der Waals surface area contributed by atoms with Gasteiger partial charge in [0.1, 0.15) is 0 Å². The maximum atomic E-state index is 12.9. The molecule has 184 valence electrons. The Hall–Kier alpha value is -3.56. The van der Waals surface area contributed by atoms with Crippen LogP contribution in [0.4, 0.5) is 5.69 Å². The third-order valence-electron chi connectivity index (χ3n) is 6.60. The molecule has 1 aliphatic heterocycles. The molecule has 2 N–H and O–H groups in total. The average molecular weight is 517 g/mol. The fourth-order valence-electron chi connectivity index (χ4n) is 4.84. The van der Waals surface area contributed by atoms with Crippen LogP contribution in [0.1, 0.15) is 46.7 Å². The van der Waals surface area contributed by atoms with Crippen molar-refractivity contribution in [2.45, 2.75) is 39.3 Å². The quantitative estimate of drug-likeness (QED) is 0.327. The van der Waals surface area contributed by atoms with E-state index in [1.165, 1.54) is 0 Å². The van der Waals surface area contributed by atoms with Gasteiger partial charge < -0.3 is 15.5 Å². The number of para-hydroxylation sites is 1. The average Bonchev–Trinajstić information content (AvgIpc) is 3.58. The molecule has 1 aromatic carbocycles. The summed E-state index contributed by atoms with van der Waals surface area (Å²) in [5.74, 6) is -0.0413. The number of thiocarbonyl (C=S) groups is 1. The molecule has 0 aliphatic carbocycles. The van der Waals surface area contributed by atoms with Crippen molar-refractivity contribution >= 4 is 40.3 Å². The molecular formula is C27H28N6OS2. The molecule has 0 spiro atoms. The van der Waals surface area contributed by atoms with E-state index in [1.807, 2.05) is 61.0 Å². The molecule has 0 bridgehead atoms. The molecule has 7 nitrogen and oxygen atoms in total. The topological polar surface area (TPSA) is 75.1 Å². The SMILES string of the molecule is Cc1ccccc1NC(=O)CCN1C(=S)N[C@@H](c2ccccn2)[C@H]1c1cc(C)n(-c2nccs2)c1C. The summed E-state index contributed by atoms with van der Waals surface area (Å²) in [6.07, 6.45) is 3.93. The molecule has 4 heterocycles. The number of carbonyl (C=O) groups is 1. The molecule has 1 saturated heterocycles. The monoisotopic (exact) mass is 516 g/mol. The van der Waals surface area contributed by atoms with E-state index in [-0.39, 0.29) is 18.0 Å². The Morgan fingerprint density at radius 2 is 1.92 bits per heavy atom. The number of pyridine rings is 1. The molecular weight excluding hydrogens is 488 g/mol. The van der Waals surface area contributed by atoms with Gasteiger partial charge in [-0.1, -0.05) is 24.3 Å². The van der Waals surface area contributed by atoms with Crippen molar-refractivity contribution in [1.82, 2.24) is 24.8 Å². The van der Waals surface area contributed by atoms with Gasteiger partial charge >= 0.3 is 0 Å². The van der Waals surface area contributed by atoms with E-state index in [2.05, 4.69) is 50.0 Å². The number of rotatable bonds is 7. The smallest absolute Gasteiger partial charge is 0.226 e. The van der Waals surface area contributed by atoms with Crippen molar-refractivity contribution in [2.24, 2.45) is 0 Å². The lowest BCUT2D eigenvalue weighted by Crippen LogP contribution is -2.33. The number of hydrogen-bond donors (Lipinski definition) is 2. The second-order valence-corrected chi connectivity index (χ2v) is 10.2. The van der Waals surface area contributed by atoms with E-state index < -0.39 is 0 Å². The van der Waals surface area contributed by atoms with Crippen LogP contribution in [0.2, 0.25) is 0 Å².